The molecule has 7 heteroatoms. The van der Waals surface area contributed by atoms with Gasteiger partial charge in [0.25, 0.3) is 5.91 Å². The highest BCUT2D eigenvalue weighted by Crippen LogP contribution is 2.17. The summed E-state index contributed by atoms with van der Waals surface area (Å²) in [6, 6.07) is 19.4. The summed E-state index contributed by atoms with van der Waals surface area (Å²) in [7, 11) is 0. The fraction of sp³-hybridized carbons (Fsp3) is 0.419. The maximum Gasteiger partial charge on any atom is 0.261 e. The third kappa shape index (κ3) is 8.66. The SMILES string of the molecule is CCCCN(Cc1cccn1Cc1cccc(C)c1)C(=O)CN(C(=O)COc1ccc(Cl)cc1)C(C)CC. The third-order valence-corrected chi connectivity index (χ3v) is 7.02. The van der Waals surface area contributed by atoms with E-state index in [-0.39, 0.29) is 31.0 Å². The summed E-state index contributed by atoms with van der Waals surface area (Å²) in [5.74, 6) is 0.305. The Morgan fingerprint density at radius 3 is 2.47 bits per heavy atom. The lowest BCUT2D eigenvalue weighted by molar-refractivity contribution is -0.144. The molecule has 38 heavy (non-hydrogen) atoms. The van der Waals surface area contributed by atoms with Gasteiger partial charge in [0.05, 0.1) is 6.54 Å². The zero-order valence-electron chi connectivity index (χ0n) is 23.0. The highest BCUT2D eigenvalue weighted by atomic mass is 35.5. The van der Waals surface area contributed by atoms with E-state index in [1.165, 1.54) is 11.1 Å². The van der Waals surface area contributed by atoms with Gasteiger partial charge in [-0.2, -0.15) is 0 Å². The minimum atomic E-state index is -0.207. The predicted molar refractivity (Wildman–Crippen MR) is 153 cm³/mol. The second kappa shape index (κ2) is 14.6. The molecular weight excluding hydrogens is 498 g/mol. The van der Waals surface area contributed by atoms with Crippen molar-refractivity contribution in [2.75, 3.05) is 19.7 Å². The van der Waals surface area contributed by atoms with Gasteiger partial charge in [-0.25, -0.2) is 0 Å². The summed E-state index contributed by atoms with van der Waals surface area (Å²) >= 11 is 5.94. The topological polar surface area (TPSA) is 54.8 Å². The molecule has 1 heterocycles. The Balaban J connectivity index is 1.70. The van der Waals surface area contributed by atoms with Crippen LogP contribution in [0, 0.1) is 6.92 Å². The van der Waals surface area contributed by atoms with Gasteiger partial charge >= 0.3 is 0 Å². The van der Waals surface area contributed by atoms with E-state index in [9.17, 15) is 9.59 Å². The van der Waals surface area contributed by atoms with Crippen molar-refractivity contribution >= 4 is 23.4 Å². The number of aromatic nitrogens is 1. The molecule has 3 rings (SSSR count). The van der Waals surface area contributed by atoms with Gasteiger partial charge in [-0.1, -0.05) is 61.7 Å². The molecule has 0 radical (unpaired) electrons. The van der Waals surface area contributed by atoms with E-state index >= 15 is 0 Å². The largest absolute Gasteiger partial charge is 0.484 e. The lowest BCUT2D eigenvalue weighted by atomic mass is 10.1. The van der Waals surface area contributed by atoms with Crippen molar-refractivity contribution in [1.29, 1.82) is 0 Å². The van der Waals surface area contributed by atoms with Gasteiger partial charge in [0.15, 0.2) is 6.61 Å². The summed E-state index contributed by atoms with van der Waals surface area (Å²) in [6.45, 7) is 9.99. The number of carbonyl (C=O) groups excluding carboxylic acids is 2. The lowest BCUT2D eigenvalue weighted by Crippen LogP contribution is -2.48. The molecule has 1 aromatic heterocycles. The zero-order valence-corrected chi connectivity index (χ0v) is 23.8. The van der Waals surface area contributed by atoms with E-state index in [1.54, 1.807) is 29.2 Å². The van der Waals surface area contributed by atoms with Crippen LogP contribution in [0.4, 0.5) is 0 Å². The molecule has 1 unspecified atom stereocenters. The van der Waals surface area contributed by atoms with Crippen molar-refractivity contribution in [3.63, 3.8) is 0 Å². The second-order valence-corrected chi connectivity index (χ2v) is 10.2. The molecule has 0 spiro atoms. The third-order valence-electron chi connectivity index (χ3n) is 6.77. The Bertz CT molecular complexity index is 1180. The van der Waals surface area contributed by atoms with E-state index in [1.807, 2.05) is 24.8 Å². The van der Waals surface area contributed by atoms with E-state index in [4.69, 9.17) is 16.3 Å². The number of benzene rings is 2. The average molecular weight is 538 g/mol. The molecule has 0 saturated heterocycles. The zero-order chi connectivity index (χ0) is 27.5. The van der Waals surface area contributed by atoms with E-state index in [0.29, 0.717) is 23.9 Å². The van der Waals surface area contributed by atoms with Crippen molar-refractivity contribution in [3.05, 3.63) is 88.7 Å². The first-order valence-corrected chi connectivity index (χ1v) is 13.8. The number of halogens is 1. The van der Waals surface area contributed by atoms with Crippen LogP contribution in [0.5, 0.6) is 5.75 Å². The van der Waals surface area contributed by atoms with Crippen molar-refractivity contribution < 1.29 is 14.3 Å². The Labute approximate surface area is 232 Å². The van der Waals surface area contributed by atoms with Crippen molar-refractivity contribution in [3.8, 4) is 5.75 Å². The van der Waals surface area contributed by atoms with E-state index in [2.05, 4.69) is 54.9 Å². The molecule has 2 amide bonds. The molecule has 3 aromatic rings. The first kappa shape index (κ1) is 29.3. The normalized spacial score (nSPS) is 11.7. The number of hydrogen-bond donors (Lipinski definition) is 0. The van der Waals surface area contributed by atoms with Crippen LogP contribution in [-0.2, 0) is 22.7 Å². The molecule has 0 aliphatic rings. The monoisotopic (exact) mass is 537 g/mol. The maximum absolute atomic E-state index is 13.6. The Morgan fingerprint density at radius 2 is 1.79 bits per heavy atom. The van der Waals surface area contributed by atoms with Crippen LogP contribution in [0.2, 0.25) is 5.02 Å². The van der Waals surface area contributed by atoms with Crippen LogP contribution in [0.25, 0.3) is 0 Å². The molecule has 204 valence electrons. The van der Waals surface area contributed by atoms with Crippen molar-refractivity contribution in [2.24, 2.45) is 0 Å². The van der Waals surface area contributed by atoms with Crippen LogP contribution in [-0.4, -0.2) is 51.9 Å². The van der Waals surface area contributed by atoms with Crippen LogP contribution < -0.4 is 4.74 Å². The summed E-state index contributed by atoms with van der Waals surface area (Å²) < 4.78 is 7.89. The van der Waals surface area contributed by atoms with Gasteiger partial charge in [0, 0.05) is 36.0 Å². The highest BCUT2D eigenvalue weighted by Gasteiger charge is 2.25. The number of aryl methyl sites for hydroxylation is 1. The molecule has 6 nitrogen and oxygen atoms in total. The molecule has 0 saturated carbocycles. The Kier molecular flexibility index (Phi) is 11.3. The van der Waals surface area contributed by atoms with Gasteiger partial charge in [0.2, 0.25) is 5.91 Å². The molecule has 0 fully saturated rings. The maximum atomic E-state index is 13.6. The molecular formula is C31H40ClN3O3. The van der Waals surface area contributed by atoms with Gasteiger partial charge in [0.1, 0.15) is 12.3 Å². The lowest BCUT2D eigenvalue weighted by Gasteiger charge is -2.31. The number of unbranched alkanes of at least 4 members (excludes halogenated alkanes) is 1. The summed E-state index contributed by atoms with van der Waals surface area (Å²) in [4.78, 5) is 30.3. The van der Waals surface area contributed by atoms with Gasteiger partial charge < -0.3 is 19.1 Å². The van der Waals surface area contributed by atoms with E-state index < -0.39 is 0 Å². The quantitative estimate of drug-likeness (QED) is 0.241. The average Bonchev–Trinajstić information content (AvgIpc) is 3.34. The van der Waals surface area contributed by atoms with Crippen LogP contribution in [0.15, 0.2) is 66.9 Å². The second-order valence-electron chi connectivity index (χ2n) is 9.81. The molecule has 1 atom stereocenters. The summed E-state index contributed by atoms with van der Waals surface area (Å²) in [5.41, 5.74) is 3.53. The number of hydrogen-bond acceptors (Lipinski definition) is 3. The molecule has 0 aliphatic carbocycles. The van der Waals surface area contributed by atoms with Gasteiger partial charge in [-0.15, -0.1) is 0 Å². The predicted octanol–water partition coefficient (Wildman–Crippen LogP) is 6.33. The molecule has 0 aliphatic heterocycles. The fourth-order valence-electron chi connectivity index (χ4n) is 4.31. The first-order valence-electron chi connectivity index (χ1n) is 13.5. The minimum Gasteiger partial charge on any atom is -0.484 e. The number of nitrogens with zero attached hydrogens (tertiary/aromatic N) is 3. The molecule has 2 aromatic carbocycles. The number of ether oxygens (including phenoxy) is 1. The van der Waals surface area contributed by atoms with Crippen LogP contribution in [0.1, 0.15) is 56.9 Å². The van der Waals surface area contributed by atoms with E-state index in [0.717, 1.165) is 31.5 Å². The minimum absolute atomic E-state index is 0.0279. The Morgan fingerprint density at radius 1 is 1.03 bits per heavy atom. The number of amides is 2. The van der Waals surface area contributed by atoms with Gasteiger partial charge in [-0.05, 0) is 68.7 Å². The highest BCUT2D eigenvalue weighted by molar-refractivity contribution is 6.30. The first-order chi connectivity index (χ1) is 18.3. The molecule has 0 N–H and O–H groups in total. The summed E-state index contributed by atoms with van der Waals surface area (Å²) in [6.07, 6.45) is 4.69. The van der Waals surface area contributed by atoms with Crippen molar-refractivity contribution in [2.45, 2.75) is 66.1 Å². The smallest absolute Gasteiger partial charge is 0.261 e. The van der Waals surface area contributed by atoms with Gasteiger partial charge in [-0.3, -0.25) is 9.59 Å². The fourth-order valence-corrected chi connectivity index (χ4v) is 4.43. The van der Waals surface area contributed by atoms with Crippen LogP contribution in [0.3, 0.4) is 0 Å². The number of carbonyl (C=O) groups is 2. The standard InChI is InChI=1S/C31H40ClN3O3/c1-5-7-17-34(21-28-12-9-18-33(28)20-26-11-8-10-24(3)19-26)30(36)22-35(25(4)6-2)31(37)23-38-29-15-13-27(32)14-16-29/h8-16,18-19,25H,5-7,17,20-23H2,1-4H3. The Hall–Kier alpha value is -3.25. The number of rotatable bonds is 14. The van der Waals surface area contributed by atoms with Crippen LogP contribution >= 0.6 is 11.6 Å². The molecule has 0 bridgehead atoms. The van der Waals surface area contributed by atoms with Crippen molar-refractivity contribution in [1.82, 2.24) is 14.4 Å². The summed E-state index contributed by atoms with van der Waals surface area (Å²) in [5, 5.41) is 0.604.